The zero-order chi connectivity index (χ0) is 17.7. The Morgan fingerprint density at radius 3 is 2.42 bits per heavy atom. The lowest BCUT2D eigenvalue weighted by Gasteiger charge is -2.35. The first-order chi connectivity index (χ1) is 11.4. The molecular weight excluding hydrogens is 327 g/mol. The van der Waals surface area contributed by atoms with Gasteiger partial charge in [-0.05, 0) is 25.0 Å². The molecule has 24 heavy (non-hydrogen) atoms. The van der Waals surface area contributed by atoms with Gasteiger partial charge in [-0.15, -0.1) is 11.8 Å². The van der Waals surface area contributed by atoms with E-state index < -0.39 is 5.82 Å². The fourth-order valence-corrected chi connectivity index (χ4v) is 3.59. The number of benzene rings is 1. The van der Waals surface area contributed by atoms with Crippen molar-refractivity contribution in [2.45, 2.75) is 25.7 Å². The van der Waals surface area contributed by atoms with E-state index in [2.05, 4.69) is 18.7 Å². The van der Waals surface area contributed by atoms with Crippen molar-refractivity contribution >= 4 is 23.5 Å². The Hall–Kier alpha value is -1.40. The summed E-state index contributed by atoms with van der Waals surface area (Å²) in [6, 6.07) is 4.41. The Kier molecular flexibility index (Phi) is 6.80. The second-order valence-electron chi connectivity index (χ2n) is 6.57. The smallest absolute Gasteiger partial charge is 0.233 e. The van der Waals surface area contributed by atoms with E-state index >= 15 is 0 Å². The number of carbonyl (C=O) groups is 2. The van der Waals surface area contributed by atoms with E-state index in [0.717, 1.165) is 32.7 Å². The number of ketones is 1. The minimum absolute atomic E-state index is 0.0410. The number of halogens is 1. The number of amides is 1. The topological polar surface area (TPSA) is 40.6 Å². The summed E-state index contributed by atoms with van der Waals surface area (Å²) in [6.07, 6.45) is 0. The van der Waals surface area contributed by atoms with Crippen LogP contribution in [0.2, 0.25) is 0 Å². The third-order valence-corrected chi connectivity index (χ3v) is 5.07. The number of carbonyl (C=O) groups excluding carboxylic acids is 2. The Balaban J connectivity index is 1.82. The van der Waals surface area contributed by atoms with Crippen LogP contribution >= 0.6 is 11.8 Å². The van der Waals surface area contributed by atoms with Gasteiger partial charge >= 0.3 is 0 Å². The number of thioether (sulfide) groups is 1. The molecular formula is C18H25FN2O2S. The van der Waals surface area contributed by atoms with Crippen LogP contribution < -0.4 is 0 Å². The molecule has 1 saturated heterocycles. The highest BCUT2D eigenvalue weighted by Gasteiger charge is 2.21. The summed E-state index contributed by atoms with van der Waals surface area (Å²) in [5.41, 5.74) is 0.351. The average Bonchev–Trinajstić information content (AvgIpc) is 2.53. The molecule has 1 amide bonds. The van der Waals surface area contributed by atoms with Gasteiger partial charge in [0.05, 0.1) is 5.75 Å². The zero-order valence-electron chi connectivity index (χ0n) is 14.5. The van der Waals surface area contributed by atoms with Gasteiger partial charge in [-0.1, -0.05) is 19.9 Å². The molecule has 1 aromatic carbocycles. The summed E-state index contributed by atoms with van der Waals surface area (Å²) >= 11 is 1.19. The Morgan fingerprint density at radius 2 is 1.88 bits per heavy atom. The van der Waals surface area contributed by atoms with Crippen molar-refractivity contribution in [3.63, 3.8) is 0 Å². The summed E-state index contributed by atoms with van der Waals surface area (Å²) < 4.78 is 14.0. The number of hydrogen-bond donors (Lipinski definition) is 0. The third kappa shape index (κ3) is 5.31. The molecule has 0 spiro atoms. The number of Topliss-reactive ketones (excluding diaryl/α,β-unsaturated/α-hetero) is 1. The lowest BCUT2D eigenvalue weighted by molar-refractivity contribution is -0.130. The van der Waals surface area contributed by atoms with E-state index in [-0.39, 0.29) is 17.4 Å². The Bertz CT molecular complexity index is 599. The first-order valence-electron chi connectivity index (χ1n) is 8.30. The van der Waals surface area contributed by atoms with Gasteiger partial charge in [0, 0.05) is 43.2 Å². The number of piperazine rings is 1. The van der Waals surface area contributed by atoms with Crippen LogP contribution in [0, 0.1) is 11.7 Å². The SMILES string of the molecule is CC(=O)c1ccc(SCC(=O)N2CCN(CC(C)C)CC2)c(F)c1. The van der Waals surface area contributed by atoms with E-state index in [1.165, 1.54) is 24.8 Å². The fourth-order valence-electron chi connectivity index (χ4n) is 2.76. The van der Waals surface area contributed by atoms with Crippen LogP contribution in [0.15, 0.2) is 23.1 Å². The minimum atomic E-state index is -0.442. The molecule has 2 rings (SSSR count). The molecule has 1 fully saturated rings. The van der Waals surface area contributed by atoms with Crippen molar-refractivity contribution in [1.82, 2.24) is 9.80 Å². The monoisotopic (exact) mass is 352 g/mol. The predicted molar refractivity (Wildman–Crippen MR) is 95.0 cm³/mol. The van der Waals surface area contributed by atoms with Gasteiger partial charge in [0.25, 0.3) is 0 Å². The van der Waals surface area contributed by atoms with Gasteiger partial charge in [-0.3, -0.25) is 14.5 Å². The van der Waals surface area contributed by atoms with Crippen LogP contribution in [-0.4, -0.2) is 60.0 Å². The molecule has 0 bridgehead atoms. The summed E-state index contributed by atoms with van der Waals surface area (Å²) in [5.74, 6) is 0.284. The molecule has 1 aliphatic heterocycles. The molecule has 132 valence electrons. The highest BCUT2D eigenvalue weighted by molar-refractivity contribution is 8.00. The first kappa shape index (κ1) is 18.9. The number of nitrogens with zero attached hydrogens (tertiary/aromatic N) is 2. The molecule has 0 aliphatic carbocycles. The van der Waals surface area contributed by atoms with Gasteiger partial charge in [-0.2, -0.15) is 0 Å². The van der Waals surface area contributed by atoms with Crippen molar-refractivity contribution in [3.05, 3.63) is 29.6 Å². The van der Waals surface area contributed by atoms with Crippen LogP contribution in [0.25, 0.3) is 0 Å². The maximum atomic E-state index is 14.0. The second kappa shape index (κ2) is 8.62. The second-order valence-corrected chi connectivity index (χ2v) is 7.58. The maximum absolute atomic E-state index is 14.0. The third-order valence-electron chi connectivity index (χ3n) is 4.04. The van der Waals surface area contributed by atoms with E-state index in [9.17, 15) is 14.0 Å². The standard InChI is InChI=1S/C18H25FN2O2S/c1-13(2)11-20-6-8-21(9-7-20)18(23)12-24-17-5-4-15(14(3)22)10-16(17)19/h4-5,10,13H,6-9,11-12H2,1-3H3. The summed E-state index contributed by atoms with van der Waals surface area (Å²) in [7, 11) is 0. The molecule has 0 atom stereocenters. The lowest BCUT2D eigenvalue weighted by atomic mass is 10.1. The lowest BCUT2D eigenvalue weighted by Crippen LogP contribution is -2.50. The van der Waals surface area contributed by atoms with Crippen molar-refractivity contribution < 1.29 is 14.0 Å². The van der Waals surface area contributed by atoms with Crippen molar-refractivity contribution in [1.29, 1.82) is 0 Å². The number of rotatable bonds is 6. The largest absolute Gasteiger partial charge is 0.339 e. The molecule has 0 radical (unpaired) electrons. The molecule has 0 N–H and O–H groups in total. The molecule has 1 aliphatic rings. The quantitative estimate of drug-likeness (QED) is 0.583. The first-order valence-corrected chi connectivity index (χ1v) is 9.28. The maximum Gasteiger partial charge on any atom is 0.233 e. The van der Waals surface area contributed by atoms with Gasteiger partial charge in [-0.25, -0.2) is 4.39 Å². The van der Waals surface area contributed by atoms with Crippen molar-refractivity contribution in [2.24, 2.45) is 5.92 Å². The minimum Gasteiger partial charge on any atom is -0.339 e. The van der Waals surface area contributed by atoms with Crippen molar-refractivity contribution in [2.75, 3.05) is 38.5 Å². The summed E-state index contributed by atoms with van der Waals surface area (Å²) in [6.45, 7) is 10.1. The Labute approximate surface area is 147 Å². The summed E-state index contributed by atoms with van der Waals surface area (Å²) in [5, 5.41) is 0. The molecule has 4 nitrogen and oxygen atoms in total. The highest BCUT2D eigenvalue weighted by Crippen LogP contribution is 2.23. The van der Waals surface area contributed by atoms with E-state index in [0.29, 0.717) is 16.4 Å². The average molecular weight is 352 g/mol. The van der Waals surface area contributed by atoms with Crippen LogP contribution in [-0.2, 0) is 4.79 Å². The highest BCUT2D eigenvalue weighted by atomic mass is 32.2. The molecule has 6 heteroatoms. The summed E-state index contributed by atoms with van der Waals surface area (Å²) in [4.78, 5) is 28.2. The fraction of sp³-hybridized carbons (Fsp3) is 0.556. The van der Waals surface area contributed by atoms with E-state index in [4.69, 9.17) is 0 Å². The van der Waals surface area contributed by atoms with Crippen molar-refractivity contribution in [3.8, 4) is 0 Å². The van der Waals surface area contributed by atoms with Crippen LogP contribution in [0.3, 0.4) is 0 Å². The molecule has 0 saturated carbocycles. The predicted octanol–water partition coefficient (Wildman–Crippen LogP) is 2.92. The van der Waals surface area contributed by atoms with Gasteiger partial charge in [0.1, 0.15) is 5.82 Å². The Morgan fingerprint density at radius 1 is 1.21 bits per heavy atom. The van der Waals surface area contributed by atoms with E-state index in [1.54, 1.807) is 12.1 Å². The molecule has 1 heterocycles. The van der Waals surface area contributed by atoms with Crippen LogP contribution in [0.5, 0.6) is 0 Å². The normalized spacial score (nSPS) is 15.8. The molecule has 0 unspecified atom stereocenters. The van der Waals surface area contributed by atoms with Gasteiger partial charge < -0.3 is 4.90 Å². The van der Waals surface area contributed by atoms with Crippen LogP contribution in [0.1, 0.15) is 31.1 Å². The van der Waals surface area contributed by atoms with E-state index in [1.807, 2.05) is 4.90 Å². The zero-order valence-corrected chi connectivity index (χ0v) is 15.4. The van der Waals surface area contributed by atoms with Crippen LogP contribution in [0.4, 0.5) is 4.39 Å². The molecule has 1 aromatic rings. The number of hydrogen-bond acceptors (Lipinski definition) is 4. The van der Waals surface area contributed by atoms with Gasteiger partial charge in [0.15, 0.2) is 5.78 Å². The molecule has 0 aromatic heterocycles. The van der Waals surface area contributed by atoms with Gasteiger partial charge in [0.2, 0.25) is 5.91 Å².